The van der Waals surface area contributed by atoms with Crippen molar-refractivity contribution in [2.24, 2.45) is 0 Å². The minimum atomic E-state index is 0.160. The van der Waals surface area contributed by atoms with Crippen LogP contribution in [0.3, 0.4) is 0 Å². The molecule has 0 aromatic heterocycles. The molecular formula is C17H24N2O. The van der Waals surface area contributed by atoms with E-state index in [0.29, 0.717) is 0 Å². The van der Waals surface area contributed by atoms with Gasteiger partial charge < -0.3 is 4.90 Å². The molecule has 1 aromatic rings. The van der Waals surface area contributed by atoms with Crippen LogP contribution in [-0.4, -0.2) is 48.4 Å². The molecule has 0 N–H and O–H groups in total. The van der Waals surface area contributed by atoms with E-state index < -0.39 is 0 Å². The van der Waals surface area contributed by atoms with Gasteiger partial charge in [-0.05, 0) is 25.8 Å². The molecule has 0 aliphatic carbocycles. The zero-order valence-corrected chi connectivity index (χ0v) is 12.5. The summed E-state index contributed by atoms with van der Waals surface area (Å²) in [7, 11) is 0. The molecule has 0 atom stereocenters. The van der Waals surface area contributed by atoms with Crippen molar-refractivity contribution in [3.8, 4) is 0 Å². The molecule has 0 unspecified atom stereocenters. The maximum atomic E-state index is 11.9. The van der Waals surface area contributed by atoms with Gasteiger partial charge in [0.1, 0.15) is 0 Å². The van der Waals surface area contributed by atoms with Crippen LogP contribution in [0.5, 0.6) is 0 Å². The largest absolute Gasteiger partial charge is 0.337 e. The van der Waals surface area contributed by atoms with E-state index in [2.05, 4.69) is 35.2 Å². The van der Waals surface area contributed by atoms with Gasteiger partial charge in [-0.1, -0.05) is 35.9 Å². The minimum Gasteiger partial charge on any atom is -0.337 e. The number of allylic oxidation sites excluding steroid dienone is 1. The molecule has 0 bridgehead atoms. The third-order valence-electron chi connectivity index (χ3n) is 3.66. The van der Waals surface area contributed by atoms with E-state index in [0.717, 1.165) is 44.7 Å². The first-order valence-electron chi connectivity index (χ1n) is 7.35. The van der Waals surface area contributed by atoms with Crippen molar-refractivity contribution < 1.29 is 4.79 Å². The highest BCUT2D eigenvalue weighted by atomic mass is 16.2. The predicted octanol–water partition coefficient (Wildman–Crippen LogP) is 2.34. The van der Waals surface area contributed by atoms with Crippen molar-refractivity contribution in [3.63, 3.8) is 0 Å². The number of carbonyl (C=O) groups is 1. The molecule has 1 aliphatic heterocycles. The summed E-state index contributed by atoms with van der Waals surface area (Å²) in [5, 5.41) is 0. The molecule has 0 spiro atoms. The summed E-state index contributed by atoms with van der Waals surface area (Å²) < 4.78 is 0. The summed E-state index contributed by atoms with van der Waals surface area (Å²) in [6.07, 6.45) is 2.82. The highest BCUT2D eigenvalue weighted by Crippen LogP contribution is 2.06. The third kappa shape index (κ3) is 4.49. The summed E-state index contributed by atoms with van der Waals surface area (Å²) >= 11 is 0. The van der Waals surface area contributed by atoms with Crippen molar-refractivity contribution in [3.05, 3.63) is 47.5 Å². The highest BCUT2D eigenvalue weighted by molar-refractivity contribution is 5.88. The topological polar surface area (TPSA) is 23.6 Å². The molecule has 1 aliphatic rings. The number of benzene rings is 1. The minimum absolute atomic E-state index is 0.160. The van der Waals surface area contributed by atoms with Crippen LogP contribution in [0.1, 0.15) is 19.4 Å². The Balaban J connectivity index is 1.74. The molecule has 1 heterocycles. The van der Waals surface area contributed by atoms with Gasteiger partial charge in [0.25, 0.3) is 0 Å². The van der Waals surface area contributed by atoms with Crippen molar-refractivity contribution in [1.82, 2.24) is 9.80 Å². The van der Waals surface area contributed by atoms with Gasteiger partial charge in [0, 0.05) is 38.8 Å². The van der Waals surface area contributed by atoms with E-state index in [-0.39, 0.29) is 5.91 Å². The number of hydrogen-bond donors (Lipinski definition) is 0. The number of rotatable bonds is 4. The van der Waals surface area contributed by atoms with Gasteiger partial charge in [-0.3, -0.25) is 9.69 Å². The van der Waals surface area contributed by atoms with Crippen LogP contribution in [0, 0.1) is 0 Å². The Hall–Kier alpha value is -1.61. The van der Waals surface area contributed by atoms with Crippen LogP contribution in [0.4, 0.5) is 0 Å². The molecule has 0 radical (unpaired) electrons. The molecule has 1 aromatic carbocycles. The number of hydrogen-bond acceptors (Lipinski definition) is 2. The average Bonchev–Trinajstić information content (AvgIpc) is 2.46. The van der Waals surface area contributed by atoms with Gasteiger partial charge in [-0.15, -0.1) is 0 Å². The van der Waals surface area contributed by atoms with Gasteiger partial charge in [0.05, 0.1) is 0 Å². The van der Waals surface area contributed by atoms with Crippen molar-refractivity contribution in [2.45, 2.75) is 20.3 Å². The second kappa shape index (κ2) is 7.25. The standard InChI is InChI=1S/C17H24N2O/c1-15(2)14-17(20)19-12-10-18(11-13-19)9-8-16-6-4-3-5-7-16/h3-7,14H,8-13H2,1-2H3. The smallest absolute Gasteiger partial charge is 0.246 e. The Labute approximate surface area is 121 Å². The van der Waals surface area contributed by atoms with Gasteiger partial charge in [0.15, 0.2) is 0 Å². The van der Waals surface area contributed by atoms with Gasteiger partial charge in [-0.25, -0.2) is 0 Å². The van der Waals surface area contributed by atoms with E-state index in [9.17, 15) is 4.79 Å². The SMILES string of the molecule is CC(C)=CC(=O)N1CCN(CCc2ccccc2)CC1. The lowest BCUT2D eigenvalue weighted by Crippen LogP contribution is -2.48. The molecule has 3 nitrogen and oxygen atoms in total. The Kier molecular flexibility index (Phi) is 5.36. The first kappa shape index (κ1) is 14.8. The number of piperazine rings is 1. The molecule has 0 saturated carbocycles. The van der Waals surface area contributed by atoms with E-state index in [4.69, 9.17) is 0 Å². The number of nitrogens with zero attached hydrogens (tertiary/aromatic N) is 2. The van der Waals surface area contributed by atoms with Crippen LogP contribution in [0.15, 0.2) is 42.0 Å². The molecular weight excluding hydrogens is 248 g/mol. The van der Waals surface area contributed by atoms with Crippen LogP contribution < -0.4 is 0 Å². The molecule has 20 heavy (non-hydrogen) atoms. The highest BCUT2D eigenvalue weighted by Gasteiger charge is 2.19. The van der Waals surface area contributed by atoms with Crippen LogP contribution in [-0.2, 0) is 11.2 Å². The zero-order chi connectivity index (χ0) is 14.4. The monoisotopic (exact) mass is 272 g/mol. The van der Waals surface area contributed by atoms with Crippen LogP contribution in [0.25, 0.3) is 0 Å². The van der Waals surface area contributed by atoms with Gasteiger partial charge >= 0.3 is 0 Å². The van der Waals surface area contributed by atoms with Gasteiger partial charge in [0.2, 0.25) is 5.91 Å². The van der Waals surface area contributed by atoms with E-state index in [1.165, 1.54) is 5.56 Å². The molecule has 108 valence electrons. The molecule has 1 fully saturated rings. The lowest BCUT2D eigenvalue weighted by Gasteiger charge is -2.34. The van der Waals surface area contributed by atoms with Crippen molar-refractivity contribution in [2.75, 3.05) is 32.7 Å². The molecule has 1 amide bonds. The van der Waals surface area contributed by atoms with E-state index >= 15 is 0 Å². The van der Waals surface area contributed by atoms with Crippen molar-refractivity contribution in [1.29, 1.82) is 0 Å². The molecule has 3 heteroatoms. The second-order valence-electron chi connectivity index (χ2n) is 5.62. The van der Waals surface area contributed by atoms with Gasteiger partial charge in [-0.2, -0.15) is 0 Å². The fourth-order valence-corrected chi connectivity index (χ4v) is 2.46. The quantitative estimate of drug-likeness (QED) is 0.786. The maximum absolute atomic E-state index is 11.9. The normalized spacial score (nSPS) is 16.0. The summed E-state index contributed by atoms with van der Waals surface area (Å²) in [5.74, 6) is 0.160. The third-order valence-corrected chi connectivity index (χ3v) is 3.66. The Morgan fingerprint density at radius 2 is 1.75 bits per heavy atom. The van der Waals surface area contributed by atoms with E-state index in [1.807, 2.05) is 18.7 Å². The molecule has 1 saturated heterocycles. The Bertz CT molecular complexity index is 455. The first-order valence-corrected chi connectivity index (χ1v) is 7.35. The number of carbonyl (C=O) groups excluding carboxylic acids is 1. The lowest BCUT2D eigenvalue weighted by atomic mass is 10.1. The lowest BCUT2D eigenvalue weighted by molar-refractivity contribution is -0.127. The summed E-state index contributed by atoms with van der Waals surface area (Å²) in [4.78, 5) is 16.3. The van der Waals surface area contributed by atoms with Crippen LogP contribution >= 0.6 is 0 Å². The van der Waals surface area contributed by atoms with E-state index in [1.54, 1.807) is 6.08 Å². The second-order valence-corrected chi connectivity index (χ2v) is 5.62. The fraction of sp³-hybridized carbons (Fsp3) is 0.471. The zero-order valence-electron chi connectivity index (χ0n) is 12.5. The van der Waals surface area contributed by atoms with Crippen molar-refractivity contribution >= 4 is 5.91 Å². The average molecular weight is 272 g/mol. The molecule has 2 rings (SSSR count). The Morgan fingerprint density at radius 1 is 1.10 bits per heavy atom. The summed E-state index contributed by atoms with van der Waals surface area (Å²) in [6, 6.07) is 10.6. The number of amides is 1. The Morgan fingerprint density at radius 3 is 2.35 bits per heavy atom. The summed E-state index contributed by atoms with van der Waals surface area (Å²) in [6.45, 7) is 8.66. The first-order chi connectivity index (χ1) is 9.65. The fourth-order valence-electron chi connectivity index (χ4n) is 2.46. The maximum Gasteiger partial charge on any atom is 0.246 e. The predicted molar refractivity (Wildman–Crippen MR) is 82.6 cm³/mol. The summed E-state index contributed by atoms with van der Waals surface area (Å²) in [5.41, 5.74) is 2.46. The van der Waals surface area contributed by atoms with Crippen LogP contribution in [0.2, 0.25) is 0 Å².